The molecule has 0 heterocycles. The lowest BCUT2D eigenvalue weighted by Gasteiger charge is -2.36. The average molecular weight is 271 g/mol. The van der Waals surface area contributed by atoms with Crippen molar-refractivity contribution >= 4 is 12.1 Å². The first-order chi connectivity index (χ1) is 8.74. The summed E-state index contributed by atoms with van der Waals surface area (Å²) in [4.78, 5) is 23.1. The summed E-state index contributed by atoms with van der Waals surface area (Å²) in [5.74, 6) is -0.593. The van der Waals surface area contributed by atoms with Crippen molar-refractivity contribution in [3.05, 3.63) is 0 Å². The fraction of sp³-hybridized carbons (Fsp3) is 0.857. The monoisotopic (exact) mass is 271 g/mol. The number of carboxylic acids is 1. The second-order valence-corrected chi connectivity index (χ2v) is 6.23. The molecule has 0 aromatic heterocycles. The van der Waals surface area contributed by atoms with Gasteiger partial charge in [-0.3, -0.25) is 0 Å². The van der Waals surface area contributed by atoms with Crippen LogP contribution in [0.2, 0.25) is 0 Å². The Morgan fingerprint density at radius 1 is 1.37 bits per heavy atom. The quantitative estimate of drug-likeness (QED) is 0.806. The molecular formula is C14H25NO4. The highest BCUT2D eigenvalue weighted by molar-refractivity contribution is 5.80. The minimum absolute atomic E-state index is 0.0150. The standard InChI is InChI=1S/C14H25NO4/c1-5-10(9-7-6-8-9)11(12(16)17)15-13(18)19-14(2,3)4/h9-11H,5-8H2,1-4H3,(H,15,18)(H,16,17). The van der Waals surface area contributed by atoms with Crippen LogP contribution in [0.5, 0.6) is 0 Å². The fourth-order valence-electron chi connectivity index (χ4n) is 2.50. The van der Waals surface area contributed by atoms with E-state index < -0.39 is 23.7 Å². The first-order valence-electron chi connectivity index (χ1n) is 6.97. The molecule has 0 aromatic carbocycles. The molecule has 5 heteroatoms. The molecule has 110 valence electrons. The Hall–Kier alpha value is -1.26. The van der Waals surface area contributed by atoms with E-state index in [0.29, 0.717) is 5.92 Å². The predicted molar refractivity (Wildman–Crippen MR) is 71.9 cm³/mol. The van der Waals surface area contributed by atoms with Gasteiger partial charge in [-0.2, -0.15) is 0 Å². The van der Waals surface area contributed by atoms with Gasteiger partial charge in [0.05, 0.1) is 0 Å². The van der Waals surface area contributed by atoms with Gasteiger partial charge in [0.25, 0.3) is 0 Å². The molecule has 19 heavy (non-hydrogen) atoms. The number of rotatable bonds is 5. The largest absolute Gasteiger partial charge is 0.480 e. The van der Waals surface area contributed by atoms with E-state index in [-0.39, 0.29) is 5.92 Å². The number of ether oxygens (including phenoxy) is 1. The normalized spacial score (nSPS) is 19.2. The molecule has 0 aromatic rings. The van der Waals surface area contributed by atoms with Gasteiger partial charge in [-0.05, 0) is 32.6 Å². The maximum atomic E-state index is 11.7. The van der Waals surface area contributed by atoms with Gasteiger partial charge in [0, 0.05) is 0 Å². The molecule has 0 saturated heterocycles. The molecule has 1 rings (SSSR count). The van der Waals surface area contributed by atoms with Crippen LogP contribution in [0.25, 0.3) is 0 Å². The van der Waals surface area contributed by atoms with Crippen LogP contribution in [-0.4, -0.2) is 28.8 Å². The van der Waals surface area contributed by atoms with E-state index in [1.165, 1.54) is 0 Å². The van der Waals surface area contributed by atoms with Gasteiger partial charge in [0.1, 0.15) is 11.6 Å². The first kappa shape index (κ1) is 15.8. The van der Waals surface area contributed by atoms with Gasteiger partial charge in [-0.15, -0.1) is 0 Å². The minimum atomic E-state index is -0.982. The summed E-state index contributed by atoms with van der Waals surface area (Å²) < 4.78 is 5.13. The van der Waals surface area contributed by atoms with Gasteiger partial charge in [0.2, 0.25) is 0 Å². The van der Waals surface area contributed by atoms with Crippen molar-refractivity contribution in [3.63, 3.8) is 0 Å². The topological polar surface area (TPSA) is 75.6 Å². The SMILES string of the molecule is CCC(C1CCC1)C(NC(=O)OC(C)(C)C)C(=O)O. The summed E-state index contributed by atoms with van der Waals surface area (Å²) in [6.45, 7) is 7.23. The summed E-state index contributed by atoms with van der Waals surface area (Å²) in [7, 11) is 0. The van der Waals surface area contributed by atoms with Gasteiger partial charge >= 0.3 is 12.1 Å². The van der Waals surface area contributed by atoms with E-state index in [4.69, 9.17) is 4.74 Å². The molecule has 1 amide bonds. The van der Waals surface area contributed by atoms with Crippen LogP contribution in [0.3, 0.4) is 0 Å². The second kappa shape index (κ2) is 6.26. The first-order valence-corrected chi connectivity index (χ1v) is 6.97. The summed E-state index contributed by atoms with van der Waals surface area (Å²) in [5.41, 5.74) is -0.620. The number of nitrogens with one attached hydrogen (secondary N) is 1. The van der Waals surface area contributed by atoms with Crippen molar-refractivity contribution in [2.24, 2.45) is 11.8 Å². The molecule has 1 saturated carbocycles. The molecule has 1 aliphatic carbocycles. The fourth-order valence-corrected chi connectivity index (χ4v) is 2.50. The van der Waals surface area contributed by atoms with Crippen LogP contribution >= 0.6 is 0 Å². The number of aliphatic carboxylic acids is 1. The average Bonchev–Trinajstić information content (AvgIpc) is 2.17. The lowest BCUT2D eigenvalue weighted by Crippen LogP contribution is -2.50. The molecule has 2 N–H and O–H groups in total. The lowest BCUT2D eigenvalue weighted by atomic mass is 9.71. The van der Waals surface area contributed by atoms with E-state index in [1.807, 2.05) is 6.92 Å². The number of hydrogen-bond acceptors (Lipinski definition) is 3. The summed E-state index contributed by atoms with van der Waals surface area (Å²) in [6, 6.07) is -0.856. The summed E-state index contributed by atoms with van der Waals surface area (Å²) >= 11 is 0. The molecular weight excluding hydrogens is 246 g/mol. The maximum absolute atomic E-state index is 11.7. The number of alkyl carbamates (subject to hydrolysis) is 1. The zero-order valence-electron chi connectivity index (χ0n) is 12.2. The molecule has 1 fully saturated rings. The van der Waals surface area contributed by atoms with E-state index in [2.05, 4.69) is 5.32 Å². The van der Waals surface area contributed by atoms with Crippen LogP contribution in [0.4, 0.5) is 4.79 Å². The number of hydrogen-bond donors (Lipinski definition) is 2. The van der Waals surface area contributed by atoms with Crippen LogP contribution in [-0.2, 0) is 9.53 Å². The zero-order chi connectivity index (χ0) is 14.6. The Labute approximate surface area is 114 Å². The number of carbonyl (C=O) groups is 2. The van der Waals surface area contributed by atoms with Crippen molar-refractivity contribution in [1.82, 2.24) is 5.32 Å². The second-order valence-electron chi connectivity index (χ2n) is 6.23. The molecule has 0 aliphatic heterocycles. The zero-order valence-corrected chi connectivity index (χ0v) is 12.2. The minimum Gasteiger partial charge on any atom is -0.480 e. The van der Waals surface area contributed by atoms with Crippen molar-refractivity contribution in [2.45, 2.75) is 65.0 Å². The van der Waals surface area contributed by atoms with Crippen LogP contribution in [0.15, 0.2) is 0 Å². The van der Waals surface area contributed by atoms with Crippen molar-refractivity contribution < 1.29 is 19.4 Å². The Morgan fingerprint density at radius 3 is 2.26 bits per heavy atom. The van der Waals surface area contributed by atoms with Gasteiger partial charge in [-0.25, -0.2) is 9.59 Å². The highest BCUT2D eigenvalue weighted by Crippen LogP contribution is 2.37. The molecule has 2 atom stereocenters. The van der Waals surface area contributed by atoms with Gasteiger partial charge < -0.3 is 15.2 Å². The number of carbonyl (C=O) groups excluding carboxylic acids is 1. The Kier molecular flexibility index (Phi) is 5.20. The van der Waals surface area contributed by atoms with Crippen molar-refractivity contribution in [2.75, 3.05) is 0 Å². The third-order valence-electron chi connectivity index (χ3n) is 3.59. The number of amides is 1. The van der Waals surface area contributed by atoms with Gasteiger partial charge in [-0.1, -0.05) is 32.6 Å². The van der Waals surface area contributed by atoms with E-state index >= 15 is 0 Å². The number of carboxylic acid groups (broad SMARTS) is 1. The van der Waals surface area contributed by atoms with Crippen LogP contribution < -0.4 is 5.32 Å². The van der Waals surface area contributed by atoms with E-state index in [0.717, 1.165) is 25.7 Å². The molecule has 1 aliphatic rings. The Morgan fingerprint density at radius 2 is 1.95 bits per heavy atom. The smallest absolute Gasteiger partial charge is 0.408 e. The van der Waals surface area contributed by atoms with E-state index in [9.17, 15) is 14.7 Å². The highest BCUT2D eigenvalue weighted by Gasteiger charge is 2.37. The molecule has 2 unspecified atom stereocenters. The van der Waals surface area contributed by atoms with Gasteiger partial charge in [0.15, 0.2) is 0 Å². The summed E-state index contributed by atoms with van der Waals surface area (Å²) in [5, 5.41) is 11.8. The molecule has 5 nitrogen and oxygen atoms in total. The Bertz CT molecular complexity index is 331. The third kappa shape index (κ3) is 4.73. The Balaban J connectivity index is 2.66. The molecule has 0 spiro atoms. The molecule has 0 radical (unpaired) electrons. The van der Waals surface area contributed by atoms with E-state index in [1.54, 1.807) is 20.8 Å². The van der Waals surface area contributed by atoms with Crippen LogP contribution in [0, 0.1) is 11.8 Å². The van der Waals surface area contributed by atoms with Crippen molar-refractivity contribution in [3.8, 4) is 0 Å². The molecule has 0 bridgehead atoms. The van der Waals surface area contributed by atoms with Crippen molar-refractivity contribution in [1.29, 1.82) is 0 Å². The maximum Gasteiger partial charge on any atom is 0.408 e. The van der Waals surface area contributed by atoms with Crippen LogP contribution in [0.1, 0.15) is 53.4 Å². The lowest BCUT2D eigenvalue weighted by molar-refractivity contribution is -0.142. The third-order valence-corrected chi connectivity index (χ3v) is 3.59. The predicted octanol–water partition coefficient (Wildman–Crippen LogP) is 2.79. The summed E-state index contributed by atoms with van der Waals surface area (Å²) in [6.07, 6.45) is 3.35. The highest BCUT2D eigenvalue weighted by atomic mass is 16.6.